The summed E-state index contributed by atoms with van der Waals surface area (Å²) in [5.41, 5.74) is 2.23. The largest absolute Gasteiger partial charge is 0.573 e. The number of unbranched alkanes of at least 4 members (excludes halogenated alkanes) is 1. The lowest BCUT2D eigenvalue weighted by Crippen LogP contribution is -2.56. The van der Waals surface area contributed by atoms with Crippen LogP contribution in [-0.4, -0.2) is 45.9 Å². The van der Waals surface area contributed by atoms with Crippen LogP contribution in [0, 0.1) is 5.82 Å². The van der Waals surface area contributed by atoms with Crippen LogP contribution in [0.4, 0.5) is 23.2 Å². The van der Waals surface area contributed by atoms with Crippen molar-refractivity contribution >= 4 is 11.6 Å². The molecule has 36 heavy (non-hydrogen) atoms. The van der Waals surface area contributed by atoms with Crippen molar-refractivity contribution in [1.82, 2.24) is 14.5 Å². The highest BCUT2D eigenvalue weighted by atomic mass is 19.4. The molecule has 2 heterocycles. The summed E-state index contributed by atoms with van der Waals surface area (Å²) in [5, 5.41) is 0. The van der Waals surface area contributed by atoms with Gasteiger partial charge in [0.2, 0.25) is 5.91 Å². The normalized spacial score (nSPS) is 17.0. The van der Waals surface area contributed by atoms with Gasteiger partial charge in [0.25, 0.3) is 0 Å². The van der Waals surface area contributed by atoms with Gasteiger partial charge in [-0.1, -0.05) is 38.0 Å². The summed E-state index contributed by atoms with van der Waals surface area (Å²) in [7, 11) is 0. The second-order valence-electron chi connectivity index (χ2n) is 8.89. The molecule has 1 saturated heterocycles. The van der Waals surface area contributed by atoms with Crippen LogP contribution < -0.4 is 9.64 Å². The van der Waals surface area contributed by atoms with Crippen molar-refractivity contribution in [2.45, 2.75) is 51.7 Å². The van der Waals surface area contributed by atoms with Gasteiger partial charge in [-0.2, -0.15) is 0 Å². The maximum absolute atomic E-state index is 13.3. The Labute approximate surface area is 207 Å². The number of benzene rings is 2. The van der Waals surface area contributed by atoms with Gasteiger partial charge < -0.3 is 14.2 Å². The van der Waals surface area contributed by atoms with E-state index in [0.29, 0.717) is 25.3 Å². The molecule has 10 heteroatoms. The highest BCUT2D eigenvalue weighted by Gasteiger charge is 2.34. The molecule has 0 bridgehead atoms. The third kappa shape index (κ3) is 6.63. The molecule has 1 aliphatic heterocycles. The molecular weight excluding hydrogens is 476 g/mol. The number of imidazole rings is 1. The Morgan fingerprint density at radius 2 is 1.89 bits per heavy atom. The van der Waals surface area contributed by atoms with E-state index in [1.54, 1.807) is 30.7 Å². The summed E-state index contributed by atoms with van der Waals surface area (Å²) in [6.07, 6.45) is 1.44. The van der Waals surface area contributed by atoms with Crippen LogP contribution >= 0.6 is 0 Å². The molecule has 0 N–H and O–H groups in total. The van der Waals surface area contributed by atoms with Gasteiger partial charge in [-0.3, -0.25) is 9.69 Å². The van der Waals surface area contributed by atoms with E-state index in [1.165, 1.54) is 35.2 Å². The summed E-state index contributed by atoms with van der Waals surface area (Å²) in [5.74, 6) is -0.850. The van der Waals surface area contributed by atoms with Crippen molar-refractivity contribution in [3.8, 4) is 5.75 Å². The topological polar surface area (TPSA) is 50.6 Å². The summed E-state index contributed by atoms with van der Waals surface area (Å²) >= 11 is 0. The zero-order chi connectivity index (χ0) is 25.7. The van der Waals surface area contributed by atoms with Gasteiger partial charge in [0.15, 0.2) is 0 Å². The first-order valence-corrected chi connectivity index (χ1v) is 11.9. The minimum atomic E-state index is -4.80. The van der Waals surface area contributed by atoms with Crippen LogP contribution in [0.1, 0.15) is 37.4 Å². The summed E-state index contributed by atoms with van der Waals surface area (Å²) in [6, 6.07) is 11.8. The second kappa shape index (κ2) is 11.1. The number of halogens is 4. The first-order valence-electron chi connectivity index (χ1n) is 11.9. The number of ether oxygens (including phenoxy) is 1. The number of nitrogens with zero attached hydrogens (tertiary/aromatic N) is 4. The molecule has 1 aliphatic rings. The molecule has 1 fully saturated rings. The molecule has 2 aromatic carbocycles. The molecule has 0 aliphatic carbocycles. The Morgan fingerprint density at radius 1 is 1.11 bits per heavy atom. The summed E-state index contributed by atoms with van der Waals surface area (Å²) in [6.45, 7) is 3.59. The van der Waals surface area contributed by atoms with Crippen LogP contribution in [0.15, 0.2) is 61.1 Å². The number of alkyl halides is 3. The lowest BCUT2D eigenvalue weighted by Gasteiger charge is -2.41. The molecule has 4 rings (SSSR count). The highest BCUT2D eigenvalue weighted by molar-refractivity contribution is 5.95. The number of rotatable bonds is 9. The van der Waals surface area contributed by atoms with Crippen molar-refractivity contribution in [1.29, 1.82) is 0 Å². The average Bonchev–Trinajstić information content (AvgIpc) is 3.25. The van der Waals surface area contributed by atoms with Crippen molar-refractivity contribution in [2.75, 3.05) is 18.0 Å². The van der Waals surface area contributed by atoms with Crippen molar-refractivity contribution < 1.29 is 27.1 Å². The van der Waals surface area contributed by atoms with E-state index in [2.05, 4.69) is 21.5 Å². The summed E-state index contributed by atoms with van der Waals surface area (Å²) < 4.78 is 57.3. The maximum atomic E-state index is 13.3. The number of carbonyl (C=O) groups is 1. The fraction of sp³-hybridized carbons (Fsp3) is 0.385. The fourth-order valence-electron chi connectivity index (χ4n) is 4.43. The average molecular weight is 505 g/mol. The first kappa shape index (κ1) is 25.7. The van der Waals surface area contributed by atoms with Gasteiger partial charge in [-0.25, -0.2) is 9.37 Å². The third-order valence-corrected chi connectivity index (χ3v) is 6.23. The number of piperazine rings is 1. The molecule has 6 nitrogen and oxygen atoms in total. The lowest BCUT2D eigenvalue weighted by molar-refractivity contribution is -0.274. The van der Waals surface area contributed by atoms with Crippen LogP contribution in [0.5, 0.6) is 5.75 Å². The van der Waals surface area contributed by atoms with Gasteiger partial charge in [-0.15, -0.1) is 13.2 Å². The highest BCUT2D eigenvalue weighted by Crippen LogP contribution is 2.29. The molecule has 3 aromatic rings. The zero-order valence-electron chi connectivity index (χ0n) is 19.9. The number of anilines is 1. The van der Waals surface area contributed by atoms with Gasteiger partial charge >= 0.3 is 6.36 Å². The Morgan fingerprint density at radius 3 is 2.61 bits per heavy atom. The Bertz CT molecular complexity index is 1160. The minimum absolute atomic E-state index is 0.0176. The fourth-order valence-corrected chi connectivity index (χ4v) is 4.43. The van der Waals surface area contributed by atoms with Crippen molar-refractivity contribution in [2.24, 2.45) is 0 Å². The van der Waals surface area contributed by atoms with E-state index >= 15 is 0 Å². The Hall–Kier alpha value is -3.40. The lowest BCUT2D eigenvalue weighted by atomic mass is 10.0. The predicted molar refractivity (Wildman–Crippen MR) is 127 cm³/mol. The molecule has 192 valence electrons. The molecular formula is C26H28F4N4O2. The molecule has 1 atom stereocenters. The van der Waals surface area contributed by atoms with Crippen LogP contribution in [0.25, 0.3) is 0 Å². The van der Waals surface area contributed by atoms with E-state index in [4.69, 9.17) is 0 Å². The van der Waals surface area contributed by atoms with Gasteiger partial charge in [0, 0.05) is 43.6 Å². The minimum Gasteiger partial charge on any atom is -0.406 e. The first-order chi connectivity index (χ1) is 17.2. The van der Waals surface area contributed by atoms with Crippen LogP contribution in [-0.2, 0) is 17.9 Å². The van der Waals surface area contributed by atoms with E-state index in [1.807, 2.05) is 4.57 Å². The van der Waals surface area contributed by atoms with Crippen molar-refractivity contribution in [3.05, 3.63) is 78.1 Å². The molecule has 0 radical (unpaired) electrons. The zero-order valence-corrected chi connectivity index (χ0v) is 19.9. The molecule has 1 amide bonds. The monoisotopic (exact) mass is 504 g/mol. The molecule has 1 aromatic heterocycles. The molecule has 0 saturated carbocycles. The van der Waals surface area contributed by atoms with E-state index in [9.17, 15) is 22.4 Å². The van der Waals surface area contributed by atoms with Gasteiger partial charge in [0.05, 0.1) is 18.6 Å². The van der Waals surface area contributed by atoms with E-state index in [0.717, 1.165) is 30.5 Å². The van der Waals surface area contributed by atoms with Gasteiger partial charge in [-0.05, 0) is 36.2 Å². The Balaban J connectivity index is 1.50. The SMILES string of the molecule is CCCC[C@H]1CN(c2cccc(OC(F)(F)F)c2)C(=O)CN1Cc1cncn1Cc1ccc(F)cc1. The molecule has 0 spiro atoms. The quantitative estimate of drug-likeness (QED) is 0.368. The molecule has 0 unspecified atom stereocenters. The number of carbonyl (C=O) groups excluding carboxylic acids is 1. The van der Waals surface area contributed by atoms with Crippen LogP contribution in [0.3, 0.4) is 0 Å². The van der Waals surface area contributed by atoms with E-state index < -0.39 is 6.36 Å². The number of amides is 1. The third-order valence-electron chi connectivity index (χ3n) is 6.23. The van der Waals surface area contributed by atoms with Crippen molar-refractivity contribution in [3.63, 3.8) is 0 Å². The maximum Gasteiger partial charge on any atom is 0.573 e. The summed E-state index contributed by atoms with van der Waals surface area (Å²) in [4.78, 5) is 21.0. The second-order valence-corrected chi connectivity index (χ2v) is 8.89. The predicted octanol–water partition coefficient (Wildman–Crippen LogP) is 5.38. The number of hydrogen-bond donors (Lipinski definition) is 0. The number of aromatic nitrogens is 2. The standard InChI is InChI=1S/C26H28F4N4O2/c1-2-3-5-22-16-34(21-6-4-7-24(12-21)36-26(28,29)30)25(35)17-32(22)15-23-13-31-18-33(23)14-19-8-10-20(27)11-9-19/h4,6-13,18,22H,2-3,5,14-17H2,1H3/t22-/m0/s1. The Kier molecular flexibility index (Phi) is 7.93. The smallest absolute Gasteiger partial charge is 0.406 e. The number of hydrogen-bond acceptors (Lipinski definition) is 4. The van der Waals surface area contributed by atoms with Gasteiger partial charge in [0.1, 0.15) is 11.6 Å². The van der Waals surface area contributed by atoms with E-state index in [-0.39, 0.29) is 30.1 Å². The van der Waals surface area contributed by atoms with Crippen LogP contribution in [0.2, 0.25) is 0 Å².